The summed E-state index contributed by atoms with van der Waals surface area (Å²) in [6.07, 6.45) is 0. The van der Waals surface area contributed by atoms with Crippen LogP contribution in [0, 0.1) is 13.8 Å². The van der Waals surface area contributed by atoms with E-state index in [1.807, 2.05) is 36.7 Å². The first-order valence-electron chi connectivity index (χ1n) is 8.08. The van der Waals surface area contributed by atoms with E-state index in [1.54, 1.807) is 0 Å². The van der Waals surface area contributed by atoms with Crippen molar-refractivity contribution in [1.82, 2.24) is 25.3 Å². The number of thioether (sulfide) groups is 1. The standard InChI is InChI=1S/C17H20N6OS2/c1-11-14(8-19-15(24)10-25-17-21-20-16(18)26-17)12(2)23(22-11)9-13-6-4-3-5-7-13/h3-7H,8-10H2,1-2H3,(H2,18,20)(H,19,24). The van der Waals surface area contributed by atoms with Crippen LogP contribution in [0.15, 0.2) is 34.7 Å². The SMILES string of the molecule is Cc1nn(Cc2ccccc2)c(C)c1CNC(=O)CSc1nnc(N)s1. The number of aryl methyl sites for hydroxylation is 1. The Kier molecular flexibility index (Phi) is 5.89. The highest BCUT2D eigenvalue weighted by Crippen LogP contribution is 2.23. The van der Waals surface area contributed by atoms with Crippen LogP contribution in [0.3, 0.4) is 0 Å². The van der Waals surface area contributed by atoms with Gasteiger partial charge in [0, 0.05) is 17.8 Å². The van der Waals surface area contributed by atoms with E-state index >= 15 is 0 Å². The van der Waals surface area contributed by atoms with Crippen LogP contribution in [-0.4, -0.2) is 31.6 Å². The summed E-state index contributed by atoms with van der Waals surface area (Å²) in [5.41, 5.74) is 9.78. The molecule has 0 aliphatic heterocycles. The molecule has 0 saturated carbocycles. The average molecular weight is 389 g/mol. The number of rotatable bonds is 7. The number of aromatic nitrogens is 4. The molecule has 3 N–H and O–H groups in total. The third-order valence-electron chi connectivity index (χ3n) is 3.92. The van der Waals surface area contributed by atoms with E-state index in [0.29, 0.717) is 16.0 Å². The molecule has 3 aromatic rings. The number of carbonyl (C=O) groups is 1. The Labute approximate surface area is 160 Å². The molecule has 0 unspecified atom stereocenters. The minimum atomic E-state index is -0.0571. The van der Waals surface area contributed by atoms with Crippen LogP contribution in [0.1, 0.15) is 22.5 Å². The van der Waals surface area contributed by atoms with Crippen molar-refractivity contribution in [3.63, 3.8) is 0 Å². The molecule has 9 heteroatoms. The van der Waals surface area contributed by atoms with Crippen LogP contribution in [0.2, 0.25) is 0 Å². The summed E-state index contributed by atoms with van der Waals surface area (Å²) < 4.78 is 2.67. The van der Waals surface area contributed by atoms with Gasteiger partial charge in [0.05, 0.1) is 18.0 Å². The minimum absolute atomic E-state index is 0.0571. The van der Waals surface area contributed by atoms with E-state index < -0.39 is 0 Å². The molecule has 26 heavy (non-hydrogen) atoms. The Morgan fingerprint density at radius 1 is 1.27 bits per heavy atom. The number of hydrogen-bond donors (Lipinski definition) is 2. The Morgan fingerprint density at radius 2 is 2.04 bits per heavy atom. The van der Waals surface area contributed by atoms with E-state index in [0.717, 1.165) is 23.5 Å². The van der Waals surface area contributed by atoms with Crippen molar-refractivity contribution in [3.8, 4) is 0 Å². The van der Waals surface area contributed by atoms with Gasteiger partial charge in [-0.05, 0) is 19.4 Å². The first-order chi connectivity index (χ1) is 12.5. The number of nitrogens with zero attached hydrogens (tertiary/aromatic N) is 4. The molecule has 7 nitrogen and oxygen atoms in total. The summed E-state index contributed by atoms with van der Waals surface area (Å²) in [4.78, 5) is 12.1. The molecule has 0 atom stereocenters. The average Bonchev–Trinajstić information content (AvgIpc) is 3.16. The predicted molar refractivity (Wildman–Crippen MR) is 104 cm³/mol. The summed E-state index contributed by atoms with van der Waals surface area (Å²) in [7, 11) is 0. The summed E-state index contributed by atoms with van der Waals surface area (Å²) in [6.45, 7) is 5.18. The van der Waals surface area contributed by atoms with E-state index in [-0.39, 0.29) is 11.7 Å². The summed E-state index contributed by atoms with van der Waals surface area (Å²) >= 11 is 2.61. The van der Waals surface area contributed by atoms with Gasteiger partial charge in [-0.3, -0.25) is 9.48 Å². The van der Waals surface area contributed by atoms with Gasteiger partial charge in [0.25, 0.3) is 0 Å². The number of nitrogens with one attached hydrogen (secondary N) is 1. The number of nitrogen functional groups attached to an aromatic ring is 1. The summed E-state index contributed by atoms with van der Waals surface area (Å²) in [6, 6.07) is 10.2. The second kappa shape index (κ2) is 8.33. The second-order valence-electron chi connectivity index (χ2n) is 5.76. The molecule has 1 amide bonds. The second-order valence-corrected chi connectivity index (χ2v) is 8.00. The molecular formula is C17H20N6OS2. The Morgan fingerprint density at radius 3 is 2.73 bits per heavy atom. The van der Waals surface area contributed by atoms with Crippen LogP contribution in [0.25, 0.3) is 0 Å². The number of nitrogens with two attached hydrogens (primary N) is 1. The van der Waals surface area contributed by atoms with Crippen molar-refractivity contribution in [1.29, 1.82) is 0 Å². The van der Waals surface area contributed by atoms with Gasteiger partial charge < -0.3 is 11.1 Å². The monoisotopic (exact) mass is 388 g/mol. The van der Waals surface area contributed by atoms with Crippen molar-refractivity contribution < 1.29 is 4.79 Å². The summed E-state index contributed by atoms with van der Waals surface area (Å²) in [5.74, 6) is 0.226. The number of anilines is 1. The van der Waals surface area contributed by atoms with Crippen LogP contribution < -0.4 is 11.1 Å². The number of benzene rings is 1. The molecule has 0 bridgehead atoms. The largest absolute Gasteiger partial charge is 0.374 e. The fourth-order valence-electron chi connectivity index (χ4n) is 2.54. The lowest BCUT2D eigenvalue weighted by Gasteiger charge is -2.07. The van der Waals surface area contributed by atoms with E-state index in [1.165, 1.54) is 28.7 Å². The van der Waals surface area contributed by atoms with Crippen LogP contribution in [-0.2, 0) is 17.9 Å². The molecular weight excluding hydrogens is 368 g/mol. The molecule has 136 valence electrons. The zero-order chi connectivity index (χ0) is 18.5. The van der Waals surface area contributed by atoms with Gasteiger partial charge in [-0.1, -0.05) is 53.4 Å². The fourth-order valence-corrected chi connectivity index (χ4v) is 4.01. The highest BCUT2D eigenvalue weighted by atomic mass is 32.2. The molecule has 0 aliphatic rings. The van der Waals surface area contributed by atoms with Gasteiger partial charge in [-0.25, -0.2) is 0 Å². The molecule has 0 fully saturated rings. The first kappa shape index (κ1) is 18.4. The van der Waals surface area contributed by atoms with Gasteiger partial charge >= 0.3 is 0 Å². The van der Waals surface area contributed by atoms with Crippen LogP contribution in [0.5, 0.6) is 0 Å². The van der Waals surface area contributed by atoms with Gasteiger partial charge in [0.1, 0.15) is 0 Å². The maximum atomic E-state index is 12.1. The smallest absolute Gasteiger partial charge is 0.230 e. The van der Waals surface area contributed by atoms with Crippen molar-refractivity contribution in [2.24, 2.45) is 0 Å². The van der Waals surface area contributed by atoms with E-state index in [4.69, 9.17) is 5.73 Å². The predicted octanol–water partition coefficient (Wildman–Crippen LogP) is 2.39. The third-order valence-corrected chi connectivity index (χ3v) is 5.80. The molecule has 0 radical (unpaired) electrons. The molecule has 0 aliphatic carbocycles. The topological polar surface area (TPSA) is 98.7 Å². The van der Waals surface area contributed by atoms with Crippen molar-refractivity contribution in [2.45, 2.75) is 31.3 Å². The molecule has 3 rings (SSSR count). The molecule has 0 spiro atoms. The third kappa shape index (κ3) is 4.61. The van der Waals surface area contributed by atoms with Gasteiger partial charge in [0.2, 0.25) is 11.0 Å². The number of amides is 1. The fraction of sp³-hybridized carbons (Fsp3) is 0.294. The van der Waals surface area contributed by atoms with E-state index in [9.17, 15) is 4.79 Å². The Hall–Kier alpha value is -2.39. The van der Waals surface area contributed by atoms with Gasteiger partial charge in [-0.15, -0.1) is 10.2 Å². The van der Waals surface area contributed by atoms with Crippen molar-refractivity contribution >= 4 is 34.1 Å². The molecule has 1 aromatic carbocycles. The van der Waals surface area contributed by atoms with Gasteiger partial charge in [-0.2, -0.15) is 5.10 Å². The minimum Gasteiger partial charge on any atom is -0.374 e. The lowest BCUT2D eigenvalue weighted by molar-refractivity contribution is -0.118. The lowest BCUT2D eigenvalue weighted by atomic mass is 10.2. The highest BCUT2D eigenvalue weighted by Gasteiger charge is 2.13. The van der Waals surface area contributed by atoms with Crippen molar-refractivity contribution in [2.75, 3.05) is 11.5 Å². The maximum Gasteiger partial charge on any atom is 0.230 e. The van der Waals surface area contributed by atoms with Gasteiger partial charge in [0.15, 0.2) is 4.34 Å². The quantitative estimate of drug-likeness (QED) is 0.603. The molecule has 2 heterocycles. The molecule has 2 aromatic heterocycles. The maximum absolute atomic E-state index is 12.1. The van der Waals surface area contributed by atoms with E-state index in [2.05, 4.69) is 32.7 Å². The van der Waals surface area contributed by atoms with Crippen molar-refractivity contribution in [3.05, 3.63) is 52.8 Å². The number of carbonyl (C=O) groups excluding carboxylic acids is 1. The number of hydrogen-bond acceptors (Lipinski definition) is 7. The lowest BCUT2D eigenvalue weighted by Crippen LogP contribution is -2.25. The van der Waals surface area contributed by atoms with Crippen LogP contribution >= 0.6 is 23.1 Å². The normalized spacial score (nSPS) is 10.8. The Bertz CT molecular complexity index is 890. The van der Waals surface area contributed by atoms with Crippen LogP contribution in [0.4, 0.5) is 5.13 Å². The zero-order valence-corrected chi connectivity index (χ0v) is 16.2. The summed E-state index contributed by atoms with van der Waals surface area (Å²) in [5, 5.41) is 15.6. The zero-order valence-electron chi connectivity index (χ0n) is 14.6. The Balaban J connectivity index is 1.56. The first-order valence-corrected chi connectivity index (χ1v) is 9.88. The molecule has 0 saturated heterocycles. The highest BCUT2D eigenvalue weighted by molar-refractivity contribution is 8.01.